The van der Waals surface area contributed by atoms with Gasteiger partial charge in [-0.15, -0.1) is 0 Å². The van der Waals surface area contributed by atoms with Gasteiger partial charge in [-0.1, -0.05) is 5.16 Å². The Morgan fingerprint density at radius 1 is 1.32 bits per heavy atom. The lowest BCUT2D eigenvalue weighted by molar-refractivity contribution is 0.155. The van der Waals surface area contributed by atoms with Crippen molar-refractivity contribution in [2.24, 2.45) is 0 Å². The van der Waals surface area contributed by atoms with Gasteiger partial charge < -0.3 is 13.7 Å². The molecule has 2 aliphatic rings. The minimum absolute atomic E-state index is 0.300. The van der Waals surface area contributed by atoms with Crippen molar-refractivity contribution in [3.8, 4) is 0 Å². The first-order chi connectivity index (χ1) is 10.8. The van der Waals surface area contributed by atoms with E-state index in [1.807, 2.05) is 6.07 Å². The van der Waals surface area contributed by atoms with Crippen LogP contribution in [-0.2, 0) is 17.9 Å². The number of aromatic nitrogens is 2. The van der Waals surface area contributed by atoms with Crippen LogP contribution in [-0.4, -0.2) is 28.7 Å². The predicted octanol–water partition coefficient (Wildman–Crippen LogP) is 3.02. The van der Waals surface area contributed by atoms with Gasteiger partial charge in [-0.3, -0.25) is 4.90 Å². The van der Waals surface area contributed by atoms with Crippen molar-refractivity contribution in [3.05, 3.63) is 35.4 Å². The third kappa shape index (κ3) is 2.80. The van der Waals surface area contributed by atoms with E-state index in [-0.39, 0.29) is 0 Å². The first kappa shape index (κ1) is 14.0. The van der Waals surface area contributed by atoms with Gasteiger partial charge in [0.2, 0.25) is 5.89 Å². The standard InChI is InChI=1S/C16H21N3O3/c1-20-10-12-6-7-14(21-12)13-3-2-8-19(13)9-15-17-16(22-18-15)11-4-5-11/h6-7,11,13H,2-5,8-10H2,1H3/t13-/m0/s1. The molecule has 6 heteroatoms. The van der Waals surface area contributed by atoms with E-state index in [9.17, 15) is 0 Å². The monoisotopic (exact) mass is 303 g/mol. The molecule has 4 rings (SSSR count). The zero-order valence-corrected chi connectivity index (χ0v) is 12.8. The highest BCUT2D eigenvalue weighted by atomic mass is 16.5. The fourth-order valence-corrected chi connectivity index (χ4v) is 3.14. The number of ether oxygens (including phenoxy) is 1. The maximum atomic E-state index is 5.90. The van der Waals surface area contributed by atoms with Gasteiger partial charge in [0, 0.05) is 13.0 Å². The second-order valence-corrected chi connectivity index (χ2v) is 6.19. The summed E-state index contributed by atoms with van der Waals surface area (Å²) in [6, 6.07) is 4.35. The van der Waals surface area contributed by atoms with Crippen LogP contribution in [0.4, 0.5) is 0 Å². The fraction of sp³-hybridized carbons (Fsp3) is 0.625. The summed E-state index contributed by atoms with van der Waals surface area (Å²) in [7, 11) is 1.68. The molecule has 1 saturated carbocycles. The van der Waals surface area contributed by atoms with Crippen molar-refractivity contribution in [1.82, 2.24) is 15.0 Å². The average Bonchev–Trinajstić information content (AvgIpc) is 2.92. The quantitative estimate of drug-likeness (QED) is 0.817. The van der Waals surface area contributed by atoms with E-state index in [4.69, 9.17) is 13.7 Å². The summed E-state index contributed by atoms with van der Waals surface area (Å²) >= 11 is 0. The molecule has 0 radical (unpaired) electrons. The highest BCUT2D eigenvalue weighted by Gasteiger charge is 2.32. The van der Waals surface area contributed by atoms with E-state index in [0.29, 0.717) is 18.6 Å². The number of likely N-dealkylation sites (tertiary alicyclic amines) is 1. The largest absolute Gasteiger partial charge is 0.462 e. The molecule has 0 amide bonds. The molecular weight excluding hydrogens is 282 g/mol. The van der Waals surface area contributed by atoms with Crippen LogP contribution in [0.1, 0.15) is 60.9 Å². The third-order valence-electron chi connectivity index (χ3n) is 4.42. The molecule has 1 atom stereocenters. The Balaban J connectivity index is 1.45. The maximum Gasteiger partial charge on any atom is 0.229 e. The summed E-state index contributed by atoms with van der Waals surface area (Å²) < 4.78 is 16.4. The Bertz CT molecular complexity index is 632. The first-order valence-electron chi connectivity index (χ1n) is 7.97. The van der Waals surface area contributed by atoms with Crippen LogP contribution in [0.5, 0.6) is 0 Å². The lowest BCUT2D eigenvalue weighted by Gasteiger charge is -2.20. The van der Waals surface area contributed by atoms with Crippen molar-refractivity contribution in [1.29, 1.82) is 0 Å². The van der Waals surface area contributed by atoms with E-state index in [0.717, 1.165) is 49.2 Å². The molecule has 2 fully saturated rings. The van der Waals surface area contributed by atoms with Gasteiger partial charge in [-0.25, -0.2) is 0 Å². The van der Waals surface area contributed by atoms with Gasteiger partial charge in [0.15, 0.2) is 5.82 Å². The normalized spacial score (nSPS) is 22.5. The van der Waals surface area contributed by atoms with E-state index in [2.05, 4.69) is 21.1 Å². The third-order valence-corrected chi connectivity index (χ3v) is 4.42. The molecule has 1 aliphatic heterocycles. The summed E-state index contributed by atoms with van der Waals surface area (Å²) in [5.41, 5.74) is 0. The Morgan fingerprint density at radius 3 is 3.05 bits per heavy atom. The Hall–Kier alpha value is -1.66. The van der Waals surface area contributed by atoms with Crippen LogP contribution in [0.3, 0.4) is 0 Å². The van der Waals surface area contributed by atoms with Crippen molar-refractivity contribution in [2.45, 2.75) is 50.8 Å². The summed E-state index contributed by atoms with van der Waals surface area (Å²) in [5.74, 6) is 4.00. The van der Waals surface area contributed by atoms with Gasteiger partial charge in [0.25, 0.3) is 0 Å². The van der Waals surface area contributed by atoms with Crippen LogP contribution in [0.15, 0.2) is 21.1 Å². The number of nitrogens with zero attached hydrogens (tertiary/aromatic N) is 3. The summed E-state index contributed by atoms with van der Waals surface area (Å²) in [5, 5.41) is 4.13. The molecule has 1 saturated heterocycles. The highest BCUT2D eigenvalue weighted by molar-refractivity contribution is 5.12. The van der Waals surface area contributed by atoms with E-state index < -0.39 is 0 Å². The number of hydrogen-bond donors (Lipinski definition) is 0. The van der Waals surface area contributed by atoms with Gasteiger partial charge in [-0.2, -0.15) is 4.98 Å². The molecule has 0 spiro atoms. The smallest absolute Gasteiger partial charge is 0.229 e. The van der Waals surface area contributed by atoms with Crippen molar-refractivity contribution in [2.75, 3.05) is 13.7 Å². The molecular formula is C16H21N3O3. The second-order valence-electron chi connectivity index (χ2n) is 6.19. The number of methoxy groups -OCH3 is 1. The predicted molar refractivity (Wildman–Crippen MR) is 78.1 cm³/mol. The SMILES string of the molecule is COCc1ccc([C@@H]2CCCN2Cc2noc(C3CC3)n2)o1. The lowest BCUT2D eigenvalue weighted by Crippen LogP contribution is -2.23. The molecule has 0 N–H and O–H groups in total. The zero-order valence-electron chi connectivity index (χ0n) is 12.8. The molecule has 0 aromatic carbocycles. The molecule has 3 heterocycles. The van der Waals surface area contributed by atoms with Crippen LogP contribution in [0.2, 0.25) is 0 Å². The minimum Gasteiger partial charge on any atom is -0.462 e. The van der Waals surface area contributed by atoms with E-state index in [1.165, 1.54) is 12.8 Å². The molecule has 0 bridgehead atoms. The molecule has 0 unspecified atom stereocenters. The van der Waals surface area contributed by atoms with Crippen molar-refractivity contribution < 1.29 is 13.7 Å². The topological polar surface area (TPSA) is 64.5 Å². The van der Waals surface area contributed by atoms with Crippen molar-refractivity contribution in [3.63, 3.8) is 0 Å². The molecule has 22 heavy (non-hydrogen) atoms. The van der Waals surface area contributed by atoms with Crippen LogP contribution in [0, 0.1) is 0 Å². The lowest BCUT2D eigenvalue weighted by atomic mass is 10.1. The summed E-state index contributed by atoms with van der Waals surface area (Å²) in [6.45, 7) is 2.28. The zero-order chi connectivity index (χ0) is 14.9. The van der Waals surface area contributed by atoms with Gasteiger partial charge in [0.05, 0.1) is 12.6 Å². The fourth-order valence-electron chi connectivity index (χ4n) is 3.14. The van der Waals surface area contributed by atoms with Gasteiger partial charge in [-0.05, 0) is 44.4 Å². The first-order valence-corrected chi connectivity index (χ1v) is 7.97. The highest BCUT2D eigenvalue weighted by Crippen LogP contribution is 2.39. The second kappa shape index (κ2) is 5.85. The maximum absolute atomic E-state index is 5.90. The van der Waals surface area contributed by atoms with Crippen LogP contribution < -0.4 is 0 Å². The number of rotatable bonds is 6. The van der Waals surface area contributed by atoms with E-state index in [1.54, 1.807) is 7.11 Å². The summed E-state index contributed by atoms with van der Waals surface area (Å²) in [6.07, 6.45) is 4.64. The molecule has 1 aliphatic carbocycles. The number of furan rings is 1. The van der Waals surface area contributed by atoms with Gasteiger partial charge >= 0.3 is 0 Å². The molecule has 6 nitrogen and oxygen atoms in total. The Morgan fingerprint density at radius 2 is 2.23 bits per heavy atom. The Kier molecular flexibility index (Phi) is 3.72. The van der Waals surface area contributed by atoms with Crippen molar-refractivity contribution >= 4 is 0 Å². The van der Waals surface area contributed by atoms with Gasteiger partial charge in [0.1, 0.15) is 18.1 Å². The molecule has 118 valence electrons. The van der Waals surface area contributed by atoms with E-state index >= 15 is 0 Å². The van der Waals surface area contributed by atoms with Crippen LogP contribution >= 0.6 is 0 Å². The number of hydrogen-bond acceptors (Lipinski definition) is 6. The molecule has 2 aromatic heterocycles. The molecule has 2 aromatic rings. The Labute approximate surface area is 129 Å². The average molecular weight is 303 g/mol. The minimum atomic E-state index is 0.300. The summed E-state index contributed by atoms with van der Waals surface area (Å²) in [4.78, 5) is 6.90. The van der Waals surface area contributed by atoms with Crippen LogP contribution in [0.25, 0.3) is 0 Å².